The third kappa shape index (κ3) is 4.08. The first-order chi connectivity index (χ1) is 10.1. The minimum Gasteiger partial charge on any atom is -0.322 e. The van der Waals surface area contributed by atoms with Crippen molar-refractivity contribution >= 4 is 23.2 Å². The molecule has 2 aromatic rings. The third-order valence-corrected chi connectivity index (χ3v) is 4.00. The standard InChI is InChI=1S/C18H20ClNO/c1-3-13(2)15-7-9-17(10-8-15)20-18(21)16-6-4-5-14(11-16)12-19/h4-11,13H,3,12H2,1-2H3,(H,20,21). The normalized spacial score (nSPS) is 12.0. The van der Waals surface area contributed by atoms with Gasteiger partial charge in [-0.1, -0.05) is 38.1 Å². The van der Waals surface area contributed by atoms with Crippen LogP contribution in [0.5, 0.6) is 0 Å². The fourth-order valence-corrected chi connectivity index (χ4v) is 2.30. The number of benzene rings is 2. The van der Waals surface area contributed by atoms with Crippen molar-refractivity contribution < 1.29 is 4.79 Å². The van der Waals surface area contributed by atoms with Gasteiger partial charge >= 0.3 is 0 Å². The number of alkyl halides is 1. The molecular formula is C18H20ClNO. The van der Waals surface area contributed by atoms with Crippen molar-refractivity contribution in [3.05, 3.63) is 65.2 Å². The summed E-state index contributed by atoms with van der Waals surface area (Å²) in [5.74, 6) is 0.832. The zero-order valence-electron chi connectivity index (χ0n) is 12.4. The van der Waals surface area contributed by atoms with Gasteiger partial charge in [0.2, 0.25) is 0 Å². The van der Waals surface area contributed by atoms with E-state index in [0.29, 0.717) is 17.4 Å². The Hall–Kier alpha value is -1.80. The summed E-state index contributed by atoms with van der Waals surface area (Å²) in [7, 11) is 0. The Morgan fingerprint density at radius 1 is 1.19 bits per heavy atom. The van der Waals surface area contributed by atoms with E-state index in [2.05, 4.69) is 31.3 Å². The molecule has 2 nitrogen and oxygen atoms in total. The zero-order valence-corrected chi connectivity index (χ0v) is 13.2. The molecule has 0 radical (unpaired) electrons. The first kappa shape index (κ1) is 15.6. The van der Waals surface area contributed by atoms with Crippen molar-refractivity contribution in [3.8, 4) is 0 Å². The number of halogens is 1. The molecule has 110 valence electrons. The van der Waals surface area contributed by atoms with Crippen molar-refractivity contribution in [1.29, 1.82) is 0 Å². The number of anilines is 1. The Labute approximate surface area is 131 Å². The smallest absolute Gasteiger partial charge is 0.255 e. The second kappa shape index (κ2) is 7.28. The van der Waals surface area contributed by atoms with Gasteiger partial charge in [0.1, 0.15) is 0 Å². The summed E-state index contributed by atoms with van der Waals surface area (Å²) in [5, 5.41) is 2.91. The lowest BCUT2D eigenvalue weighted by molar-refractivity contribution is 0.102. The lowest BCUT2D eigenvalue weighted by Crippen LogP contribution is -2.12. The highest BCUT2D eigenvalue weighted by Gasteiger charge is 2.07. The van der Waals surface area contributed by atoms with Gasteiger partial charge in [0.25, 0.3) is 5.91 Å². The highest BCUT2D eigenvalue weighted by molar-refractivity contribution is 6.17. The molecule has 1 atom stereocenters. The molecular weight excluding hydrogens is 282 g/mol. The quantitative estimate of drug-likeness (QED) is 0.756. The fourth-order valence-electron chi connectivity index (χ4n) is 2.13. The van der Waals surface area contributed by atoms with Crippen LogP contribution in [-0.2, 0) is 5.88 Å². The van der Waals surface area contributed by atoms with Gasteiger partial charge in [-0.3, -0.25) is 4.79 Å². The highest BCUT2D eigenvalue weighted by Crippen LogP contribution is 2.21. The van der Waals surface area contributed by atoms with Gasteiger partial charge in [-0.15, -0.1) is 11.6 Å². The van der Waals surface area contributed by atoms with E-state index in [1.54, 1.807) is 6.07 Å². The Morgan fingerprint density at radius 3 is 2.52 bits per heavy atom. The Kier molecular flexibility index (Phi) is 5.40. The number of nitrogens with one attached hydrogen (secondary N) is 1. The van der Waals surface area contributed by atoms with Crippen LogP contribution in [0.1, 0.15) is 47.7 Å². The second-order valence-electron chi connectivity index (χ2n) is 5.22. The number of hydrogen-bond donors (Lipinski definition) is 1. The van der Waals surface area contributed by atoms with Crippen LogP contribution >= 0.6 is 11.6 Å². The van der Waals surface area contributed by atoms with E-state index >= 15 is 0 Å². The molecule has 0 saturated heterocycles. The van der Waals surface area contributed by atoms with Crippen LogP contribution in [-0.4, -0.2) is 5.91 Å². The van der Waals surface area contributed by atoms with Crippen LogP contribution < -0.4 is 5.32 Å². The van der Waals surface area contributed by atoms with Crippen molar-refractivity contribution in [2.24, 2.45) is 0 Å². The van der Waals surface area contributed by atoms with Crippen molar-refractivity contribution in [2.75, 3.05) is 5.32 Å². The topological polar surface area (TPSA) is 29.1 Å². The SMILES string of the molecule is CCC(C)c1ccc(NC(=O)c2cccc(CCl)c2)cc1. The highest BCUT2D eigenvalue weighted by atomic mass is 35.5. The maximum Gasteiger partial charge on any atom is 0.255 e. The summed E-state index contributed by atoms with van der Waals surface area (Å²) in [6.07, 6.45) is 1.11. The van der Waals surface area contributed by atoms with E-state index in [9.17, 15) is 4.79 Å². The first-order valence-corrected chi connectivity index (χ1v) is 7.73. The molecule has 0 aliphatic rings. The van der Waals surface area contributed by atoms with Gasteiger partial charge in [0.15, 0.2) is 0 Å². The average molecular weight is 302 g/mol. The molecule has 1 amide bonds. The molecule has 1 unspecified atom stereocenters. The number of rotatable bonds is 5. The molecule has 0 spiro atoms. The van der Waals surface area contributed by atoms with E-state index in [4.69, 9.17) is 11.6 Å². The molecule has 2 aromatic carbocycles. The minimum atomic E-state index is -0.113. The lowest BCUT2D eigenvalue weighted by atomic mass is 9.98. The number of amides is 1. The Bertz CT molecular complexity index is 607. The van der Waals surface area contributed by atoms with Crippen molar-refractivity contribution in [2.45, 2.75) is 32.1 Å². The van der Waals surface area contributed by atoms with Gasteiger partial charge in [-0.25, -0.2) is 0 Å². The summed E-state index contributed by atoms with van der Waals surface area (Å²) in [5.41, 5.74) is 3.67. The average Bonchev–Trinajstić information content (AvgIpc) is 2.54. The number of carbonyl (C=O) groups is 1. The molecule has 0 bridgehead atoms. The predicted molar refractivity (Wildman–Crippen MR) is 89.1 cm³/mol. The lowest BCUT2D eigenvalue weighted by Gasteiger charge is -2.11. The minimum absolute atomic E-state index is 0.113. The summed E-state index contributed by atoms with van der Waals surface area (Å²) in [6.45, 7) is 4.37. The van der Waals surface area contributed by atoms with E-state index in [-0.39, 0.29) is 5.91 Å². The van der Waals surface area contributed by atoms with Gasteiger partial charge < -0.3 is 5.32 Å². The van der Waals surface area contributed by atoms with Crippen LogP contribution in [0.4, 0.5) is 5.69 Å². The molecule has 0 aliphatic carbocycles. The molecule has 0 fully saturated rings. The summed E-state index contributed by atoms with van der Waals surface area (Å²) in [4.78, 5) is 12.2. The van der Waals surface area contributed by atoms with Gasteiger partial charge in [0.05, 0.1) is 0 Å². The van der Waals surface area contributed by atoms with Crippen LogP contribution in [0.2, 0.25) is 0 Å². The molecule has 0 heterocycles. The molecule has 2 rings (SSSR count). The van der Waals surface area contributed by atoms with Gasteiger partial charge in [0, 0.05) is 17.1 Å². The molecule has 0 saturated carbocycles. The largest absolute Gasteiger partial charge is 0.322 e. The molecule has 3 heteroatoms. The molecule has 21 heavy (non-hydrogen) atoms. The van der Waals surface area contributed by atoms with Gasteiger partial charge in [-0.2, -0.15) is 0 Å². The second-order valence-corrected chi connectivity index (χ2v) is 5.49. The monoisotopic (exact) mass is 301 g/mol. The number of carbonyl (C=O) groups excluding carboxylic acids is 1. The van der Waals surface area contributed by atoms with Crippen molar-refractivity contribution in [3.63, 3.8) is 0 Å². The summed E-state index contributed by atoms with van der Waals surface area (Å²) >= 11 is 5.79. The summed E-state index contributed by atoms with van der Waals surface area (Å²) in [6, 6.07) is 15.4. The maximum atomic E-state index is 12.2. The Morgan fingerprint density at radius 2 is 1.90 bits per heavy atom. The van der Waals surface area contributed by atoms with Gasteiger partial charge in [-0.05, 0) is 47.7 Å². The molecule has 0 aromatic heterocycles. The van der Waals surface area contributed by atoms with E-state index in [0.717, 1.165) is 17.7 Å². The van der Waals surface area contributed by atoms with Crippen LogP contribution in [0.15, 0.2) is 48.5 Å². The Balaban J connectivity index is 2.08. The third-order valence-electron chi connectivity index (χ3n) is 3.69. The van der Waals surface area contributed by atoms with Crippen LogP contribution in [0.3, 0.4) is 0 Å². The molecule has 1 N–H and O–H groups in total. The van der Waals surface area contributed by atoms with Crippen LogP contribution in [0, 0.1) is 0 Å². The number of hydrogen-bond acceptors (Lipinski definition) is 1. The predicted octanol–water partition coefficient (Wildman–Crippen LogP) is 5.19. The molecule has 0 aliphatic heterocycles. The summed E-state index contributed by atoms with van der Waals surface area (Å²) < 4.78 is 0. The van der Waals surface area contributed by atoms with E-state index in [1.165, 1.54) is 5.56 Å². The van der Waals surface area contributed by atoms with Crippen molar-refractivity contribution in [1.82, 2.24) is 0 Å². The van der Waals surface area contributed by atoms with Crippen LogP contribution in [0.25, 0.3) is 0 Å². The van der Waals surface area contributed by atoms with E-state index < -0.39 is 0 Å². The van der Waals surface area contributed by atoms with E-state index in [1.807, 2.05) is 30.3 Å². The zero-order chi connectivity index (χ0) is 15.2. The first-order valence-electron chi connectivity index (χ1n) is 7.20. The maximum absolute atomic E-state index is 12.2. The fraction of sp³-hybridized carbons (Fsp3) is 0.278.